The van der Waals surface area contributed by atoms with Gasteiger partial charge in [-0.2, -0.15) is 0 Å². The van der Waals surface area contributed by atoms with Crippen molar-refractivity contribution >= 4 is 11.9 Å². The zero-order chi connectivity index (χ0) is 14.5. The van der Waals surface area contributed by atoms with E-state index in [-0.39, 0.29) is 11.9 Å². The average Bonchev–Trinajstić information content (AvgIpc) is 3.23. The van der Waals surface area contributed by atoms with Crippen LogP contribution in [0.3, 0.4) is 0 Å². The molecule has 0 aromatic heterocycles. The molecular formula is C14H22N2O4. The fraction of sp³-hybridized carbons (Fsp3) is 0.714. The highest BCUT2D eigenvalue weighted by molar-refractivity contribution is 5.86. The van der Waals surface area contributed by atoms with E-state index in [1.807, 2.05) is 11.8 Å². The number of carbonyl (C=O) groups excluding carboxylic acids is 1. The summed E-state index contributed by atoms with van der Waals surface area (Å²) in [4.78, 5) is 25.1. The minimum absolute atomic E-state index is 0.00558. The van der Waals surface area contributed by atoms with E-state index in [2.05, 4.69) is 5.32 Å². The van der Waals surface area contributed by atoms with E-state index in [1.54, 1.807) is 6.08 Å². The second-order valence-corrected chi connectivity index (χ2v) is 5.26. The monoisotopic (exact) mass is 282 g/mol. The molecule has 2 rings (SSSR count). The summed E-state index contributed by atoms with van der Waals surface area (Å²) < 4.78 is 5.38. The Bertz CT molecular complexity index is 404. The lowest BCUT2D eigenvalue weighted by Crippen LogP contribution is -2.54. The lowest BCUT2D eigenvalue weighted by molar-refractivity contribution is -0.132. The Labute approximate surface area is 118 Å². The van der Waals surface area contributed by atoms with Crippen LogP contribution in [-0.4, -0.2) is 60.3 Å². The van der Waals surface area contributed by atoms with Crippen LogP contribution in [0.2, 0.25) is 0 Å². The Hall–Kier alpha value is -1.40. The fourth-order valence-electron chi connectivity index (χ4n) is 2.23. The molecule has 1 saturated carbocycles. The van der Waals surface area contributed by atoms with Crippen LogP contribution in [0.4, 0.5) is 0 Å². The van der Waals surface area contributed by atoms with Gasteiger partial charge in [0.25, 0.3) is 0 Å². The molecule has 0 aromatic rings. The molecule has 1 aliphatic carbocycles. The normalized spacial score (nSPS) is 24.4. The number of carbonyl (C=O) groups is 2. The molecule has 1 saturated heterocycles. The fourth-order valence-corrected chi connectivity index (χ4v) is 2.23. The molecule has 1 amide bonds. The first-order valence-electron chi connectivity index (χ1n) is 7.16. The third-order valence-electron chi connectivity index (χ3n) is 3.69. The molecule has 0 spiro atoms. The molecule has 2 N–H and O–H groups in total. The van der Waals surface area contributed by atoms with Crippen LogP contribution in [0.5, 0.6) is 0 Å². The minimum Gasteiger partial charge on any atom is -0.478 e. The highest BCUT2D eigenvalue weighted by atomic mass is 16.5. The summed E-state index contributed by atoms with van der Waals surface area (Å²) in [7, 11) is 0. The molecular weight excluding hydrogens is 260 g/mol. The predicted molar refractivity (Wildman–Crippen MR) is 73.4 cm³/mol. The van der Waals surface area contributed by atoms with Gasteiger partial charge in [0.1, 0.15) is 6.04 Å². The summed E-state index contributed by atoms with van der Waals surface area (Å²) in [6.07, 6.45) is 4.29. The molecule has 0 bridgehead atoms. The summed E-state index contributed by atoms with van der Waals surface area (Å²) in [5.41, 5.74) is 0.387. The first-order valence-corrected chi connectivity index (χ1v) is 7.16. The number of carboxylic acids is 1. The van der Waals surface area contributed by atoms with Gasteiger partial charge in [0.2, 0.25) is 5.91 Å². The Balaban J connectivity index is 1.95. The van der Waals surface area contributed by atoms with Crippen LogP contribution in [0.25, 0.3) is 0 Å². The summed E-state index contributed by atoms with van der Waals surface area (Å²) in [5.74, 6) is -0.895. The maximum Gasteiger partial charge on any atom is 0.331 e. The second-order valence-electron chi connectivity index (χ2n) is 5.26. The van der Waals surface area contributed by atoms with Gasteiger partial charge in [-0.3, -0.25) is 9.69 Å². The van der Waals surface area contributed by atoms with Gasteiger partial charge < -0.3 is 15.2 Å². The first kappa shape index (κ1) is 15.0. The molecule has 1 atom stereocenters. The number of aliphatic carboxylic acids is 1. The van der Waals surface area contributed by atoms with Crippen LogP contribution in [0.15, 0.2) is 11.6 Å². The molecule has 0 radical (unpaired) electrons. The lowest BCUT2D eigenvalue weighted by Gasteiger charge is -2.33. The Morgan fingerprint density at radius 2 is 2.20 bits per heavy atom. The van der Waals surface area contributed by atoms with E-state index < -0.39 is 5.97 Å². The molecule has 0 aromatic carbocycles. The second kappa shape index (κ2) is 6.85. The minimum atomic E-state index is -0.889. The van der Waals surface area contributed by atoms with Gasteiger partial charge in [0.15, 0.2) is 0 Å². The van der Waals surface area contributed by atoms with E-state index in [4.69, 9.17) is 9.84 Å². The van der Waals surface area contributed by atoms with Crippen LogP contribution in [0, 0.1) is 0 Å². The van der Waals surface area contributed by atoms with Crippen molar-refractivity contribution in [3.63, 3.8) is 0 Å². The Morgan fingerprint density at radius 1 is 1.45 bits per heavy atom. The van der Waals surface area contributed by atoms with E-state index in [0.29, 0.717) is 44.3 Å². The first-order chi connectivity index (χ1) is 9.61. The third-order valence-corrected chi connectivity index (χ3v) is 3.69. The smallest absolute Gasteiger partial charge is 0.331 e. The number of ether oxygens (including phenoxy) is 1. The molecule has 2 fully saturated rings. The van der Waals surface area contributed by atoms with E-state index >= 15 is 0 Å². The molecule has 2 aliphatic rings. The predicted octanol–water partition coefficient (Wildman–Crippen LogP) is 0.387. The van der Waals surface area contributed by atoms with E-state index in [0.717, 1.165) is 12.8 Å². The van der Waals surface area contributed by atoms with Crippen molar-refractivity contribution in [2.45, 2.75) is 38.3 Å². The van der Waals surface area contributed by atoms with Crippen molar-refractivity contribution < 1.29 is 19.4 Å². The van der Waals surface area contributed by atoms with Crippen molar-refractivity contribution in [2.24, 2.45) is 0 Å². The number of nitrogens with zero attached hydrogens (tertiary/aromatic N) is 1. The molecule has 1 aliphatic heterocycles. The van der Waals surface area contributed by atoms with Crippen LogP contribution in [-0.2, 0) is 14.3 Å². The summed E-state index contributed by atoms with van der Waals surface area (Å²) >= 11 is 0. The van der Waals surface area contributed by atoms with Crippen molar-refractivity contribution in [3.05, 3.63) is 11.6 Å². The number of amides is 1. The van der Waals surface area contributed by atoms with Gasteiger partial charge in [-0.05, 0) is 19.3 Å². The van der Waals surface area contributed by atoms with E-state index in [1.165, 1.54) is 0 Å². The van der Waals surface area contributed by atoms with Gasteiger partial charge in [0, 0.05) is 24.7 Å². The SMILES string of the molecule is CCC(=CCN1CCOCC1C(=O)NC1CC1)C(=O)O. The third kappa shape index (κ3) is 4.05. The average molecular weight is 282 g/mol. The quantitative estimate of drug-likeness (QED) is 0.689. The van der Waals surface area contributed by atoms with Crippen LogP contribution >= 0.6 is 0 Å². The summed E-state index contributed by atoms with van der Waals surface area (Å²) in [6.45, 7) is 3.89. The summed E-state index contributed by atoms with van der Waals surface area (Å²) in [6, 6.07) is 0.0135. The molecule has 20 heavy (non-hydrogen) atoms. The highest BCUT2D eigenvalue weighted by Gasteiger charge is 2.32. The van der Waals surface area contributed by atoms with Gasteiger partial charge in [0.05, 0.1) is 13.2 Å². The number of nitrogens with one attached hydrogen (secondary N) is 1. The molecule has 112 valence electrons. The number of morpholine rings is 1. The Morgan fingerprint density at radius 3 is 2.80 bits per heavy atom. The van der Waals surface area contributed by atoms with Crippen LogP contribution < -0.4 is 5.32 Å². The molecule has 6 heteroatoms. The lowest BCUT2D eigenvalue weighted by atomic mass is 10.1. The van der Waals surface area contributed by atoms with Gasteiger partial charge in [-0.15, -0.1) is 0 Å². The highest BCUT2D eigenvalue weighted by Crippen LogP contribution is 2.19. The van der Waals surface area contributed by atoms with Crippen molar-refractivity contribution in [2.75, 3.05) is 26.3 Å². The standard InChI is InChI=1S/C14H22N2O4/c1-2-10(14(18)19)5-6-16-7-8-20-9-12(16)13(17)15-11-3-4-11/h5,11-12H,2-4,6-9H2,1H3,(H,15,17)(H,18,19). The summed E-state index contributed by atoms with van der Waals surface area (Å²) in [5, 5.41) is 12.0. The van der Waals surface area contributed by atoms with Gasteiger partial charge >= 0.3 is 5.97 Å². The number of hydrogen-bond donors (Lipinski definition) is 2. The zero-order valence-corrected chi connectivity index (χ0v) is 11.8. The largest absolute Gasteiger partial charge is 0.478 e. The Kier molecular flexibility index (Phi) is 5.14. The maximum absolute atomic E-state index is 12.1. The topological polar surface area (TPSA) is 78.9 Å². The van der Waals surface area contributed by atoms with Crippen LogP contribution in [0.1, 0.15) is 26.2 Å². The molecule has 6 nitrogen and oxygen atoms in total. The van der Waals surface area contributed by atoms with Crippen molar-refractivity contribution in [3.8, 4) is 0 Å². The number of hydrogen-bond acceptors (Lipinski definition) is 4. The molecule has 1 unspecified atom stereocenters. The number of carboxylic acid groups (broad SMARTS) is 1. The maximum atomic E-state index is 12.1. The zero-order valence-electron chi connectivity index (χ0n) is 11.8. The number of rotatable bonds is 6. The van der Waals surface area contributed by atoms with Gasteiger partial charge in [-0.1, -0.05) is 13.0 Å². The molecule has 1 heterocycles. The van der Waals surface area contributed by atoms with Crippen molar-refractivity contribution in [1.29, 1.82) is 0 Å². The van der Waals surface area contributed by atoms with Crippen molar-refractivity contribution in [1.82, 2.24) is 10.2 Å². The van der Waals surface area contributed by atoms with Gasteiger partial charge in [-0.25, -0.2) is 4.79 Å². The van der Waals surface area contributed by atoms with E-state index in [9.17, 15) is 9.59 Å².